The van der Waals surface area contributed by atoms with Gasteiger partial charge in [0.2, 0.25) is 10.0 Å². The van der Waals surface area contributed by atoms with Crippen LogP contribution in [0.4, 0.5) is 0 Å². The molecule has 0 saturated carbocycles. The van der Waals surface area contributed by atoms with Crippen molar-refractivity contribution < 1.29 is 8.42 Å². The normalized spacial score (nSPS) is 11.8. The van der Waals surface area contributed by atoms with Crippen molar-refractivity contribution in [1.29, 1.82) is 0 Å². The number of hydrogen-bond acceptors (Lipinski definition) is 4. The fourth-order valence-corrected chi connectivity index (χ4v) is 3.73. The van der Waals surface area contributed by atoms with Gasteiger partial charge in [0, 0.05) is 24.9 Å². The van der Waals surface area contributed by atoms with Crippen LogP contribution in [0.25, 0.3) is 0 Å². The third kappa shape index (κ3) is 4.06. The molecule has 106 valence electrons. The van der Waals surface area contributed by atoms with Gasteiger partial charge in [-0.3, -0.25) is 0 Å². The van der Waals surface area contributed by atoms with Gasteiger partial charge in [0.1, 0.15) is 9.88 Å². The van der Waals surface area contributed by atoms with Crippen LogP contribution < -0.4 is 5.73 Å². The SMILES string of the molecule is CSCCN(C)S(=O)(=O)c1cc(C(N)=S)ccc1Cl. The predicted octanol–water partition coefficient (Wildman–Crippen LogP) is 1.96. The van der Waals surface area contributed by atoms with Crippen molar-refractivity contribution in [3.8, 4) is 0 Å². The van der Waals surface area contributed by atoms with E-state index >= 15 is 0 Å². The van der Waals surface area contributed by atoms with E-state index in [0.717, 1.165) is 0 Å². The van der Waals surface area contributed by atoms with Gasteiger partial charge in [-0.05, 0) is 18.4 Å². The minimum Gasteiger partial charge on any atom is -0.389 e. The fraction of sp³-hybridized carbons (Fsp3) is 0.364. The Balaban J connectivity index is 3.20. The molecular formula is C11H15ClN2O2S3. The Labute approximate surface area is 128 Å². The van der Waals surface area contributed by atoms with Crippen molar-refractivity contribution >= 4 is 50.6 Å². The molecule has 19 heavy (non-hydrogen) atoms. The van der Waals surface area contributed by atoms with Crippen molar-refractivity contribution in [3.05, 3.63) is 28.8 Å². The number of nitrogens with zero attached hydrogens (tertiary/aromatic N) is 1. The van der Waals surface area contributed by atoms with E-state index in [0.29, 0.717) is 17.9 Å². The molecule has 0 aliphatic carbocycles. The first-order valence-electron chi connectivity index (χ1n) is 5.35. The van der Waals surface area contributed by atoms with Gasteiger partial charge in [-0.2, -0.15) is 11.8 Å². The number of thioether (sulfide) groups is 1. The molecule has 0 amide bonds. The fourth-order valence-electron chi connectivity index (χ4n) is 1.36. The second-order valence-corrected chi connectivity index (χ2v) is 7.67. The average Bonchev–Trinajstić information content (AvgIpc) is 2.35. The highest BCUT2D eigenvalue weighted by Gasteiger charge is 2.23. The topological polar surface area (TPSA) is 63.4 Å². The highest BCUT2D eigenvalue weighted by Crippen LogP contribution is 2.25. The summed E-state index contributed by atoms with van der Waals surface area (Å²) in [5.41, 5.74) is 5.99. The molecule has 1 aromatic carbocycles. The Bertz CT molecular complexity index is 575. The van der Waals surface area contributed by atoms with Crippen LogP contribution in [-0.4, -0.2) is 43.3 Å². The molecule has 1 rings (SSSR count). The second kappa shape index (κ2) is 6.90. The largest absolute Gasteiger partial charge is 0.389 e. The molecule has 1 aromatic rings. The molecule has 0 bridgehead atoms. The van der Waals surface area contributed by atoms with Crippen molar-refractivity contribution in [1.82, 2.24) is 4.31 Å². The van der Waals surface area contributed by atoms with Crippen molar-refractivity contribution in [2.24, 2.45) is 5.73 Å². The molecule has 2 N–H and O–H groups in total. The van der Waals surface area contributed by atoms with Crippen LogP contribution in [0.3, 0.4) is 0 Å². The van der Waals surface area contributed by atoms with Gasteiger partial charge in [-0.15, -0.1) is 0 Å². The van der Waals surface area contributed by atoms with Gasteiger partial charge in [0.05, 0.1) is 5.02 Å². The van der Waals surface area contributed by atoms with Gasteiger partial charge in [0.15, 0.2) is 0 Å². The van der Waals surface area contributed by atoms with E-state index in [4.69, 9.17) is 29.6 Å². The highest BCUT2D eigenvalue weighted by molar-refractivity contribution is 7.98. The number of benzene rings is 1. The van der Waals surface area contributed by atoms with Crippen LogP contribution in [0.15, 0.2) is 23.1 Å². The summed E-state index contributed by atoms with van der Waals surface area (Å²) in [6.07, 6.45) is 1.92. The molecule has 8 heteroatoms. The Morgan fingerprint density at radius 1 is 1.53 bits per heavy atom. The third-order valence-corrected chi connectivity index (χ3v) is 5.68. The Kier molecular flexibility index (Phi) is 6.07. The first-order valence-corrected chi connectivity index (χ1v) is 8.97. The molecule has 0 heterocycles. The van der Waals surface area contributed by atoms with E-state index in [1.54, 1.807) is 17.8 Å². The maximum Gasteiger partial charge on any atom is 0.244 e. The molecule has 0 spiro atoms. The number of thiocarbonyl (C=S) groups is 1. The van der Waals surface area contributed by atoms with Crippen LogP contribution in [0.1, 0.15) is 5.56 Å². The monoisotopic (exact) mass is 338 g/mol. The highest BCUT2D eigenvalue weighted by atomic mass is 35.5. The lowest BCUT2D eigenvalue weighted by Gasteiger charge is -2.18. The summed E-state index contributed by atoms with van der Waals surface area (Å²) in [5.74, 6) is 0.711. The van der Waals surface area contributed by atoms with Crippen LogP contribution in [-0.2, 0) is 10.0 Å². The number of sulfonamides is 1. The van der Waals surface area contributed by atoms with E-state index in [1.807, 2.05) is 6.26 Å². The van der Waals surface area contributed by atoms with Crippen LogP contribution in [0, 0.1) is 0 Å². The molecule has 0 aliphatic heterocycles. The summed E-state index contributed by atoms with van der Waals surface area (Å²) in [6.45, 7) is 0.414. The molecule has 4 nitrogen and oxygen atoms in total. The Morgan fingerprint density at radius 2 is 2.16 bits per heavy atom. The van der Waals surface area contributed by atoms with Gasteiger partial charge in [-0.25, -0.2) is 12.7 Å². The minimum absolute atomic E-state index is 0.0306. The number of rotatable bonds is 6. The zero-order valence-corrected chi connectivity index (χ0v) is 13.8. The van der Waals surface area contributed by atoms with Crippen molar-refractivity contribution in [2.75, 3.05) is 25.6 Å². The lowest BCUT2D eigenvalue weighted by atomic mass is 10.2. The van der Waals surface area contributed by atoms with Gasteiger partial charge in [0.25, 0.3) is 0 Å². The van der Waals surface area contributed by atoms with E-state index in [9.17, 15) is 8.42 Å². The first kappa shape index (κ1) is 16.7. The maximum absolute atomic E-state index is 12.4. The van der Waals surface area contributed by atoms with Crippen LogP contribution in [0.2, 0.25) is 5.02 Å². The predicted molar refractivity (Wildman–Crippen MR) is 85.5 cm³/mol. The average molecular weight is 339 g/mol. The summed E-state index contributed by atoms with van der Waals surface area (Å²) >= 11 is 12.4. The smallest absolute Gasteiger partial charge is 0.244 e. The molecule has 0 radical (unpaired) electrons. The Morgan fingerprint density at radius 3 is 2.68 bits per heavy atom. The quantitative estimate of drug-likeness (QED) is 0.803. The molecule has 0 fully saturated rings. The number of nitrogens with two attached hydrogens (primary N) is 1. The maximum atomic E-state index is 12.4. The lowest BCUT2D eigenvalue weighted by molar-refractivity contribution is 0.488. The first-order chi connectivity index (χ1) is 8.80. The standard InChI is InChI=1S/C11H15ClN2O2S3/c1-14(5-6-18-2)19(15,16)10-7-8(11(13)17)3-4-9(10)12/h3-4,7H,5-6H2,1-2H3,(H2,13,17). The lowest BCUT2D eigenvalue weighted by Crippen LogP contribution is -2.29. The zero-order valence-electron chi connectivity index (χ0n) is 10.6. The molecule has 0 aromatic heterocycles. The van der Waals surface area contributed by atoms with Gasteiger partial charge < -0.3 is 5.73 Å². The summed E-state index contributed by atoms with van der Waals surface area (Å²) in [7, 11) is -2.10. The van der Waals surface area contributed by atoms with Crippen LogP contribution >= 0.6 is 35.6 Å². The van der Waals surface area contributed by atoms with E-state index < -0.39 is 10.0 Å². The minimum atomic E-state index is -3.63. The van der Waals surface area contributed by atoms with E-state index in [2.05, 4.69) is 0 Å². The summed E-state index contributed by atoms with van der Waals surface area (Å²) in [6, 6.07) is 4.51. The molecule has 0 aliphatic rings. The van der Waals surface area contributed by atoms with Gasteiger partial charge >= 0.3 is 0 Å². The molecule has 0 atom stereocenters. The summed E-state index contributed by atoms with van der Waals surface area (Å²) in [4.78, 5) is 0.169. The van der Waals surface area contributed by atoms with E-state index in [-0.39, 0.29) is 14.9 Å². The summed E-state index contributed by atoms with van der Waals surface area (Å²) < 4.78 is 26.0. The van der Waals surface area contributed by atoms with E-state index in [1.165, 1.54) is 23.5 Å². The zero-order chi connectivity index (χ0) is 14.6. The number of halogens is 1. The Hall–Kier alpha value is -0.340. The van der Waals surface area contributed by atoms with Crippen molar-refractivity contribution in [3.63, 3.8) is 0 Å². The molecule has 0 saturated heterocycles. The molecular weight excluding hydrogens is 324 g/mol. The van der Waals surface area contributed by atoms with Gasteiger partial charge in [-0.1, -0.05) is 29.9 Å². The molecule has 0 unspecified atom stereocenters. The van der Waals surface area contributed by atoms with Crippen LogP contribution in [0.5, 0.6) is 0 Å². The summed E-state index contributed by atoms with van der Waals surface area (Å²) in [5, 5.41) is 0.163. The third-order valence-electron chi connectivity index (χ3n) is 2.51. The van der Waals surface area contributed by atoms with Crippen molar-refractivity contribution in [2.45, 2.75) is 4.90 Å². The number of hydrogen-bond donors (Lipinski definition) is 1. The second-order valence-electron chi connectivity index (χ2n) is 3.83.